The molecule has 1 unspecified atom stereocenters. The second-order valence-corrected chi connectivity index (χ2v) is 4.85. The van der Waals surface area contributed by atoms with Gasteiger partial charge in [0.25, 0.3) is 0 Å². The zero-order chi connectivity index (χ0) is 10.7. The lowest BCUT2D eigenvalue weighted by Gasteiger charge is -2.16. The van der Waals surface area contributed by atoms with Crippen molar-refractivity contribution < 1.29 is 0 Å². The molecule has 1 aliphatic rings. The van der Waals surface area contributed by atoms with E-state index in [4.69, 9.17) is 23.2 Å². The highest BCUT2D eigenvalue weighted by Gasteiger charge is 2.21. The Balaban J connectivity index is 1.96. The Morgan fingerprint density at radius 1 is 1.33 bits per heavy atom. The zero-order valence-corrected chi connectivity index (χ0v) is 10.1. The van der Waals surface area contributed by atoms with Crippen LogP contribution >= 0.6 is 23.2 Å². The molecule has 82 valence electrons. The molecule has 1 saturated heterocycles. The van der Waals surface area contributed by atoms with E-state index in [2.05, 4.69) is 11.0 Å². The molecule has 0 amide bonds. The molecule has 1 aliphatic heterocycles. The van der Waals surface area contributed by atoms with Gasteiger partial charge in [0.15, 0.2) is 0 Å². The van der Waals surface area contributed by atoms with E-state index in [1.165, 1.54) is 12.0 Å². The predicted molar refractivity (Wildman–Crippen MR) is 65.6 cm³/mol. The highest BCUT2D eigenvalue weighted by Crippen LogP contribution is 2.22. The molecule has 1 atom stereocenters. The van der Waals surface area contributed by atoms with Crippen molar-refractivity contribution in [3.8, 4) is 0 Å². The van der Waals surface area contributed by atoms with Crippen molar-refractivity contribution in [2.45, 2.75) is 13.0 Å². The fraction of sp³-hybridized carbons (Fsp3) is 0.500. The Kier molecular flexibility index (Phi) is 3.90. The van der Waals surface area contributed by atoms with Crippen molar-refractivity contribution >= 4 is 23.2 Å². The van der Waals surface area contributed by atoms with Gasteiger partial charge < -0.3 is 0 Å². The SMILES string of the molecule is ClCC1CCN(Cc2ccccc2Cl)C1. The van der Waals surface area contributed by atoms with Crippen molar-refractivity contribution in [1.29, 1.82) is 0 Å². The van der Waals surface area contributed by atoms with Crippen LogP contribution in [0, 0.1) is 5.92 Å². The average Bonchev–Trinajstić information content (AvgIpc) is 2.69. The summed E-state index contributed by atoms with van der Waals surface area (Å²) in [4.78, 5) is 2.42. The maximum absolute atomic E-state index is 6.12. The Bertz CT molecular complexity index is 327. The van der Waals surface area contributed by atoms with E-state index in [0.29, 0.717) is 5.92 Å². The summed E-state index contributed by atoms with van der Waals surface area (Å²) in [5.74, 6) is 1.44. The van der Waals surface area contributed by atoms with E-state index in [9.17, 15) is 0 Å². The van der Waals surface area contributed by atoms with Gasteiger partial charge in [0.05, 0.1) is 0 Å². The van der Waals surface area contributed by atoms with Gasteiger partial charge in [-0.15, -0.1) is 11.6 Å². The first kappa shape index (κ1) is 11.3. The summed E-state index contributed by atoms with van der Waals surface area (Å²) in [6.07, 6.45) is 1.22. The van der Waals surface area contributed by atoms with Crippen LogP contribution < -0.4 is 0 Å². The van der Waals surface area contributed by atoms with E-state index in [0.717, 1.165) is 30.5 Å². The van der Waals surface area contributed by atoms with Crippen LogP contribution in [0.4, 0.5) is 0 Å². The number of halogens is 2. The third-order valence-corrected chi connectivity index (χ3v) is 3.75. The lowest BCUT2D eigenvalue weighted by atomic mass is 10.2. The van der Waals surface area contributed by atoms with Gasteiger partial charge in [-0.05, 0) is 30.5 Å². The summed E-state index contributed by atoms with van der Waals surface area (Å²) in [6.45, 7) is 3.20. The number of benzene rings is 1. The zero-order valence-electron chi connectivity index (χ0n) is 8.63. The summed E-state index contributed by atoms with van der Waals surface area (Å²) in [5.41, 5.74) is 1.22. The highest BCUT2D eigenvalue weighted by molar-refractivity contribution is 6.31. The van der Waals surface area contributed by atoms with Gasteiger partial charge >= 0.3 is 0 Å². The van der Waals surface area contributed by atoms with Crippen LogP contribution in [0.3, 0.4) is 0 Å². The van der Waals surface area contributed by atoms with Crippen LogP contribution in [0.25, 0.3) is 0 Å². The molecule has 0 N–H and O–H groups in total. The number of likely N-dealkylation sites (tertiary alicyclic amines) is 1. The maximum Gasteiger partial charge on any atom is 0.0451 e. The molecular weight excluding hydrogens is 229 g/mol. The quantitative estimate of drug-likeness (QED) is 0.736. The molecule has 15 heavy (non-hydrogen) atoms. The van der Waals surface area contributed by atoms with Crippen molar-refractivity contribution in [2.75, 3.05) is 19.0 Å². The number of rotatable bonds is 3. The van der Waals surface area contributed by atoms with Gasteiger partial charge in [0.1, 0.15) is 0 Å². The van der Waals surface area contributed by atoms with Gasteiger partial charge in [-0.3, -0.25) is 4.90 Å². The molecule has 0 aliphatic carbocycles. The first-order valence-corrected chi connectivity index (χ1v) is 6.22. The second kappa shape index (κ2) is 5.20. The molecule has 0 spiro atoms. The summed E-state index contributed by atoms with van der Waals surface area (Å²) in [7, 11) is 0. The molecule has 1 aromatic carbocycles. The number of hydrogen-bond acceptors (Lipinski definition) is 1. The fourth-order valence-electron chi connectivity index (χ4n) is 2.05. The van der Waals surface area contributed by atoms with E-state index >= 15 is 0 Å². The topological polar surface area (TPSA) is 3.24 Å². The molecule has 1 nitrogen and oxygen atoms in total. The molecule has 0 bridgehead atoms. The molecule has 1 fully saturated rings. The minimum atomic E-state index is 0.661. The number of alkyl halides is 1. The molecular formula is C12H15Cl2N. The van der Waals surface area contributed by atoms with Gasteiger partial charge in [-0.1, -0.05) is 29.8 Å². The average molecular weight is 244 g/mol. The predicted octanol–water partition coefficient (Wildman–Crippen LogP) is 3.40. The highest BCUT2D eigenvalue weighted by atomic mass is 35.5. The fourth-order valence-corrected chi connectivity index (χ4v) is 2.50. The summed E-state index contributed by atoms with van der Waals surface area (Å²) in [5, 5.41) is 0.867. The van der Waals surface area contributed by atoms with Crippen LogP contribution in [-0.2, 0) is 6.54 Å². The minimum Gasteiger partial charge on any atom is -0.299 e. The molecule has 0 aromatic heterocycles. The van der Waals surface area contributed by atoms with Crippen LogP contribution in [-0.4, -0.2) is 23.9 Å². The Labute approximate surface area is 101 Å². The third kappa shape index (κ3) is 2.87. The molecule has 1 aromatic rings. The Morgan fingerprint density at radius 2 is 2.13 bits per heavy atom. The summed E-state index contributed by atoms with van der Waals surface area (Å²) >= 11 is 12.0. The molecule has 0 saturated carbocycles. The van der Waals surface area contributed by atoms with Crippen LogP contribution in [0.15, 0.2) is 24.3 Å². The lowest BCUT2D eigenvalue weighted by molar-refractivity contribution is 0.321. The van der Waals surface area contributed by atoms with Gasteiger partial charge in [0.2, 0.25) is 0 Å². The molecule has 0 radical (unpaired) electrons. The Hall–Kier alpha value is -0.240. The van der Waals surface area contributed by atoms with Gasteiger partial charge in [-0.2, -0.15) is 0 Å². The van der Waals surface area contributed by atoms with Crippen LogP contribution in [0.1, 0.15) is 12.0 Å². The summed E-state index contributed by atoms with van der Waals surface area (Å²) in [6, 6.07) is 8.05. The van der Waals surface area contributed by atoms with Gasteiger partial charge in [0, 0.05) is 24.0 Å². The van der Waals surface area contributed by atoms with E-state index in [1.54, 1.807) is 0 Å². The minimum absolute atomic E-state index is 0.661. The standard InChI is InChI=1S/C12H15Cl2N/c13-7-10-5-6-15(8-10)9-11-3-1-2-4-12(11)14/h1-4,10H,5-9H2. The number of nitrogens with zero attached hydrogens (tertiary/aromatic N) is 1. The van der Waals surface area contributed by atoms with Crippen LogP contribution in [0.5, 0.6) is 0 Å². The van der Waals surface area contributed by atoms with Crippen LogP contribution in [0.2, 0.25) is 5.02 Å². The largest absolute Gasteiger partial charge is 0.299 e. The van der Waals surface area contributed by atoms with E-state index in [-0.39, 0.29) is 0 Å². The first-order chi connectivity index (χ1) is 7.29. The maximum atomic E-state index is 6.12. The van der Waals surface area contributed by atoms with E-state index < -0.39 is 0 Å². The third-order valence-electron chi connectivity index (χ3n) is 2.94. The van der Waals surface area contributed by atoms with Crippen molar-refractivity contribution in [3.63, 3.8) is 0 Å². The van der Waals surface area contributed by atoms with Crippen molar-refractivity contribution in [1.82, 2.24) is 4.90 Å². The van der Waals surface area contributed by atoms with Gasteiger partial charge in [-0.25, -0.2) is 0 Å². The second-order valence-electron chi connectivity index (χ2n) is 4.14. The summed E-state index contributed by atoms with van der Waals surface area (Å²) < 4.78 is 0. The monoisotopic (exact) mass is 243 g/mol. The molecule has 2 rings (SSSR count). The van der Waals surface area contributed by atoms with E-state index in [1.807, 2.05) is 18.2 Å². The lowest BCUT2D eigenvalue weighted by Crippen LogP contribution is -2.20. The smallest absolute Gasteiger partial charge is 0.0451 e. The van der Waals surface area contributed by atoms with Crippen molar-refractivity contribution in [2.24, 2.45) is 5.92 Å². The molecule has 3 heteroatoms. The Morgan fingerprint density at radius 3 is 2.80 bits per heavy atom. The normalized spacial score (nSPS) is 22.1. The molecule has 1 heterocycles. The first-order valence-electron chi connectivity index (χ1n) is 5.31. The van der Waals surface area contributed by atoms with Crippen molar-refractivity contribution in [3.05, 3.63) is 34.9 Å². The number of hydrogen-bond donors (Lipinski definition) is 0.